The lowest BCUT2D eigenvalue weighted by Gasteiger charge is -2.16. The number of aryl methyl sites for hydroxylation is 1. The summed E-state index contributed by atoms with van der Waals surface area (Å²) >= 11 is 0. The van der Waals surface area contributed by atoms with Crippen LogP contribution >= 0.6 is 7.82 Å². The molecule has 2 N–H and O–H groups in total. The third-order valence-electron chi connectivity index (χ3n) is 3.18. The molecule has 1 aromatic carbocycles. The van der Waals surface area contributed by atoms with E-state index >= 15 is 0 Å². The molecule has 8 nitrogen and oxygen atoms in total. The highest BCUT2D eigenvalue weighted by Gasteiger charge is 2.19. The van der Waals surface area contributed by atoms with Crippen molar-refractivity contribution in [1.29, 1.82) is 0 Å². The van der Waals surface area contributed by atoms with Gasteiger partial charge in [0.1, 0.15) is 0 Å². The van der Waals surface area contributed by atoms with Gasteiger partial charge in [-0.1, -0.05) is 12.2 Å². The number of phosphoric acid groups is 1. The van der Waals surface area contributed by atoms with Crippen LogP contribution in [0.1, 0.15) is 25.3 Å². The van der Waals surface area contributed by atoms with Gasteiger partial charge in [-0.25, -0.2) is 4.57 Å². The van der Waals surface area contributed by atoms with Crippen molar-refractivity contribution in [2.75, 3.05) is 35.0 Å². The number of methoxy groups -OCH3 is 4. The molecule has 0 aliphatic rings. The zero-order valence-corrected chi connectivity index (χ0v) is 17.0. The Bertz CT molecular complexity index is 609. The number of benzene rings is 1. The minimum absolute atomic E-state index is 0.106. The number of allylic oxidation sites excluding steroid dienone is 2. The van der Waals surface area contributed by atoms with Crippen molar-refractivity contribution < 1.29 is 37.8 Å². The summed E-state index contributed by atoms with van der Waals surface area (Å²) in [4.78, 5) is 16.5. The van der Waals surface area contributed by atoms with Crippen LogP contribution in [0.3, 0.4) is 0 Å². The van der Waals surface area contributed by atoms with Crippen molar-refractivity contribution >= 4 is 7.82 Å². The Balaban J connectivity index is 0.000000508. The van der Waals surface area contributed by atoms with E-state index in [0.29, 0.717) is 29.4 Å². The first-order valence-corrected chi connectivity index (χ1v) is 9.43. The minimum atomic E-state index is -4.24. The van der Waals surface area contributed by atoms with Gasteiger partial charge in [0.15, 0.2) is 11.5 Å². The maximum absolute atomic E-state index is 10.1. The highest BCUT2D eigenvalue weighted by molar-refractivity contribution is 7.46. The van der Waals surface area contributed by atoms with Gasteiger partial charge in [-0.05, 0) is 38.3 Å². The molecule has 9 heteroatoms. The molecule has 0 aliphatic carbocycles. The van der Waals surface area contributed by atoms with E-state index in [0.717, 1.165) is 12.0 Å². The van der Waals surface area contributed by atoms with Crippen molar-refractivity contribution in [3.05, 3.63) is 23.8 Å². The summed E-state index contributed by atoms with van der Waals surface area (Å²) in [5, 5.41) is 0. The number of hydrogen-bond donors (Lipinski definition) is 2. The van der Waals surface area contributed by atoms with E-state index in [9.17, 15) is 4.57 Å². The average Bonchev–Trinajstić information content (AvgIpc) is 2.59. The lowest BCUT2D eigenvalue weighted by atomic mass is 10.1. The van der Waals surface area contributed by atoms with Gasteiger partial charge in [0.25, 0.3) is 0 Å². The molecule has 0 atom stereocenters. The molecule has 0 aromatic heterocycles. The number of hydrogen-bond acceptors (Lipinski definition) is 6. The second-order valence-electron chi connectivity index (χ2n) is 5.03. The second-order valence-corrected chi connectivity index (χ2v) is 6.27. The van der Waals surface area contributed by atoms with Crippen LogP contribution in [0.2, 0.25) is 0 Å². The fourth-order valence-electron chi connectivity index (χ4n) is 2.06. The smallest absolute Gasteiger partial charge is 0.469 e. The minimum Gasteiger partial charge on any atom is -0.493 e. The molecule has 0 fully saturated rings. The van der Waals surface area contributed by atoms with E-state index in [-0.39, 0.29) is 6.61 Å². The average molecular weight is 392 g/mol. The molecule has 150 valence electrons. The Labute approximate surface area is 154 Å². The standard InChI is InChI=1S/C11H16O4.C6H13O4P/c1-7-6-8(12-2)10(14-4)11(15-5)9(7)13-3;1-2-3-4-5-6-10-11(7,8)9/h6H,1-5H3;2-3H,4-6H2,1H3,(H2,7,8,9). The second kappa shape index (κ2) is 12.6. The molecule has 0 radical (unpaired) electrons. The van der Waals surface area contributed by atoms with Gasteiger partial charge in [-0.2, -0.15) is 0 Å². The van der Waals surface area contributed by atoms with Crippen LogP contribution in [0, 0.1) is 6.92 Å². The number of ether oxygens (including phenoxy) is 4. The summed E-state index contributed by atoms with van der Waals surface area (Å²) in [5.74, 6) is 2.39. The number of unbranched alkanes of at least 4 members (excludes halogenated alkanes) is 1. The maximum atomic E-state index is 10.1. The van der Waals surface area contributed by atoms with Gasteiger partial charge >= 0.3 is 7.82 Å². The molecule has 1 aromatic rings. The Morgan fingerprint density at radius 1 is 1.00 bits per heavy atom. The number of phosphoric ester groups is 1. The van der Waals surface area contributed by atoms with Crippen LogP contribution in [0.15, 0.2) is 18.2 Å². The largest absolute Gasteiger partial charge is 0.493 e. The quantitative estimate of drug-likeness (QED) is 0.374. The Hall–Kier alpha value is -1.73. The van der Waals surface area contributed by atoms with E-state index in [4.69, 9.17) is 28.7 Å². The molecule has 26 heavy (non-hydrogen) atoms. The van der Waals surface area contributed by atoms with E-state index in [1.54, 1.807) is 28.4 Å². The first kappa shape index (κ1) is 24.3. The van der Waals surface area contributed by atoms with Gasteiger partial charge in [-0.3, -0.25) is 4.52 Å². The Morgan fingerprint density at radius 2 is 1.58 bits per heavy atom. The molecule has 0 aliphatic heterocycles. The molecule has 0 amide bonds. The lowest BCUT2D eigenvalue weighted by Crippen LogP contribution is -1.99. The molecule has 0 saturated heterocycles. The summed E-state index contributed by atoms with van der Waals surface area (Å²) in [7, 11) is 2.08. The normalized spacial score (nSPS) is 10.9. The van der Waals surface area contributed by atoms with E-state index in [1.807, 2.05) is 32.1 Å². The van der Waals surface area contributed by atoms with E-state index < -0.39 is 7.82 Å². The van der Waals surface area contributed by atoms with Crippen molar-refractivity contribution in [2.24, 2.45) is 0 Å². The molecule has 0 unspecified atom stereocenters. The Morgan fingerprint density at radius 3 is 2.00 bits per heavy atom. The molecule has 1 rings (SSSR count). The van der Waals surface area contributed by atoms with Gasteiger partial charge in [0, 0.05) is 0 Å². The first-order chi connectivity index (χ1) is 12.2. The van der Waals surface area contributed by atoms with Crippen molar-refractivity contribution in [1.82, 2.24) is 0 Å². The summed E-state index contributed by atoms with van der Waals surface area (Å²) in [6.07, 6.45) is 5.23. The van der Waals surface area contributed by atoms with E-state index in [1.165, 1.54) is 0 Å². The summed E-state index contributed by atoms with van der Waals surface area (Å²) in [6.45, 7) is 3.92. The highest BCUT2D eigenvalue weighted by Crippen LogP contribution is 2.46. The fraction of sp³-hybridized carbons (Fsp3) is 0.529. The van der Waals surface area contributed by atoms with Gasteiger partial charge in [0.05, 0.1) is 35.0 Å². The van der Waals surface area contributed by atoms with Crippen LogP contribution in [-0.4, -0.2) is 44.8 Å². The summed E-state index contributed by atoms with van der Waals surface area (Å²) < 4.78 is 35.3. The van der Waals surface area contributed by atoms with Crippen LogP contribution in [-0.2, 0) is 9.09 Å². The zero-order valence-electron chi connectivity index (χ0n) is 16.1. The Kier molecular flexibility index (Phi) is 11.8. The maximum Gasteiger partial charge on any atom is 0.469 e. The molecule has 0 heterocycles. The molecule has 0 bridgehead atoms. The van der Waals surface area contributed by atoms with Crippen LogP contribution in [0.4, 0.5) is 0 Å². The van der Waals surface area contributed by atoms with Crippen LogP contribution in [0.25, 0.3) is 0 Å². The van der Waals surface area contributed by atoms with E-state index in [2.05, 4.69) is 4.52 Å². The van der Waals surface area contributed by atoms with Gasteiger partial charge in [0.2, 0.25) is 11.5 Å². The predicted octanol–water partition coefficient (Wildman–Crippen LogP) is 3.48. The lowest BCUT2D eigenvalue weighted by molar-refractivity contribution is 0.195. The van der Waals surface area contributed by atoms with Crippen LogP contribution < -0.4 is 18.9 Å². The highest BCUT2D eigenvalue weighted by atomic mass is 31.2. The third kappa shape index (κ3) is 8.58. The van der Waals surface area contributed by atoms with Crippen molar-refractivity contribution in [2.45, 2.75) is 26.7 Å². The van der Waals surface area contributed by atoms with Crippen molar-refractivity contribution in [3.63, 3.8) is 0 Å². The summed E-state index contributed by atoms with van der Waals surface area (Å²) in [6, 6.07) is 1.85. The molecular formula is C17H29O8P. The predicted molar refractivity (Wildman–Crippen MR) is 99.4 cm³/mol. The zero-order chi connectivity index (χ0) is 20.2. The third-order valence-corrected chi connectivity index (χ3v) is 3.70. The number of rotatable bonds is 9. The van der Waals surface area contributed by atoms with Crippen molar-refractivity contribution in [3.8, 4) is 23.0 Å². The fourth-order valence-corrected chi connectivity index (χ4v) is 2.42. The van der Waals surface area contributed by atoms with Crippen LogP contribution in [0.5, 0.6) is 23.0 Å². The van der Waals surface area contributed by atoms with Gasteiger partial charge < -0.3 is 28.7 Å². The first-order valence-electron chi connectivity index (χ1n) is 7.90. The topological polar surface area (TPSA) is 104 Å². The summed E-state index contributed by atoms with van der Waals surface area (Å²) in [5.41, 5.74) is 0.937. The monoisotopic (exact) mass is 392 g/mol. The molecule has 0 saturated carbocycles. The molecule has 0 spiro atoms. The SMILES string of the molecule is CC=CCCCOP(=O)(O)O.COc1cc(C)c(OC)c(OC)c1OC. The van der Waals surface area contributed by atoms with Gasteiger partial charge in [-0.15, -0.1) is 0 Å². The molecular weight excluding hydrogens is 363 g/mol.